The van der Waals surface area contributed by atoms with Gasteiger partial charge >= 0.3 is 0 Å². The molecule has 2 unspecified atom stereocenters. The summed E-state index contributed by atoms with van der Waals surface area (Å²) in [5, 5.41) is 18.9. The standard InChI is InChI=1S/C11H15N5O3.CH4O/c1-12-11-14-9-8(10(18)15-11)13-5-16(9)7-3-2-6(4-17)19-7;1-2/h5-7,17H,2-4H2,1H3,(H2,12,14,15,18);2H,1H3. The minimum atomic E-state index is -0.287. The van der Waals surface area contributed by atoms with Crippen LogP contribution in [0.5, 0.6) is 0 Å². The molecule has 1 fully saturated rings. The number of anilines is 1. The number of H-pyrrole nitrogens is 1. The molecule has 3 rings (SSSR count). The van der Waals surface area contributed by atoms with Crippen molar-refractivity contribution >= 4 is 17.1 Å². The molecular formula is C12H19N5O4. The molecule has 2 atom stereocenters. The van der Waals surface area contributed by atoms with Gasteiger partial charge in [-0.15, -0.1) is 0 Å². The molecule has 1 saturated heterocycles. The zero-order valence-electron chi connectivity index (χ0n) is 11.9. The van der Waals surface area contributed by atoms with Gasteiger partial charge in [0.05, 0.1) is 19.0 Å². The van der Waals surface area contributed by atoms with E-state index < -0.39 is 0 Å². The first-order valence-electron chi connectivity index (χ1n) is 6.58. The molecule has 3 heterocycles. The summed E-state index contributed by atoms with van der Waals surface area (Å²) in [4.78, 5) is 22.8. The van der Waals surface area contributed by atoms with Crippen LogP contribution >= 0.6 is 0 Å². The van der Waals surface area contributed by atoms with Gasteiger partial charge in [-0.1, -0.05) is 0 Å². The summed E-state index contributed by atoms with van der Waals surface area (Å²) < 4.78 is 7.41. The Balaban J connectivity index is 0.000000774. The van der Waals surface area contributed by atoms with Crippen LogP contribution in [0.2, 0.25) is 0 Å². The number of aromatic amines is 1. The minimum absolute atomic E-state index is 0.00108. The Labute approximate surface area is 120 Å². The molecule has 0 aliphatic carbocycles. The third-order valence-corrected chi connectivity index (χ3v) is 3.27. The average Bonchev–Trinajstić information content (AvgIpc) is 3.15. The van der Waals surface area contributed by atoms with Crippen molar-refractivity contribution in [3.05, 3.63) is 16.7 Å². The second-order valence-corrected chi connectivity index (χ2v) is 4.46. The molecule has 1 aliphatic heterocycles. The van der Waals surface area contributed by atoms with E-state index >= 15 is 0 Å². The molecule has 0 amide bonds. The second kappa shape index (κ2) is 6.66. The highest BCUT2D eigenvalue weighted by Crippen LogP contribution is 2.29. The lowest BCUT2D eigenvalue weighted by atomic mass is 10.2. The van der Waals surface area contributed by atoms with Crippen LogP contribution in [0.25, 0.3) is 11.2 Å². The molecule has 0 radical (unpaired) electrons. The van der Waals surface area contributed by atoms with Gasteiger partial charge in [-0.3, -0.25) is 14.3 Å². The highest BCUT2D eigenvalue weighted by molar-refractivity contribution is 5.70. The predicted molar refractivity (Wildman–Crippen MR) is 76.1 cm³/mol. The van der Waals surface area contributed by atoms with Gasteiger partial charge in [-0.05, 0) is 12.8 Å². The van der Waals surface area contributed by atoms with Gasteiger partial charge in [-0.2, -0.15) is 4.98 Å². The molecule has 4 N–H and O–H groups in total. The SMILES string of the molecule is CNc1nc2c(ncn2C2CCC(CO)O2)c(=O)[nH]1.CO. The van der Waals surface area contributed by atoms with Crippen LogP contribution in [0.4, 0.5) is 5.95 Å². The van der Waals surface area contributed by atoms with Crippen molar-refractivity contribution in [1.29, 1.82) is 0 Å². The molecule has 116 valence electrons. The zero-order valence-corrected chi connectivity index (χ0v) is 11.9. The molecule has 0 saturated carbocycles. The Morgan fingerprint density at radius 2 is 2.29 bits per heavy atom. The number of fused-ring (bicyclic) bond motifs is 1. The molecule has 0 bridgehead atoms. The third-order valence-electron chi connectivity index (χ3n) is 3.27. The fourth-order valence-corrected chi connectivity index (χ4v) is 2.28. The van der Waals surface area contributed by atoms with E-state index in [0.29, 0.717) is 11.6 Å². The quantitative estimate of drug-likeness (QED) is 0.598. The molecule has 9 nitrogen and oxygen atoms in total. The summed E-state index contributed by atoms with van der Waals surface area (Å²) in [5.74, 6) is 0.385. The predicted octanol–water partition coefficient (Wildman–Crippen LogP) is -0.560. The molecule has 0 aromatic carbocycles. The molecule has 9 heteroatoms. The first-order valence-corrected chi connectivity index (χ1v) is 6.58. The third kappa shape index (κ3) is 2.89. The van der Waals surface area contributed by atoms with Gasteiger partial charge < -0.3 is 20.3 Å². The van der Waals surface area contributed by atoms with Crippen molar-refractivity contribution in [2.45, 2.75) is 25.2 Å². The number of aliphatic hydroxyl groups is 2. The highest BCUT2D eigenvalue weighted by atomic mass is 16.5. The van der Waals surface area contributed by atoms with Gasteiger partial charge in [0.25, 0.3) is 5.56 Å². The average molecular weight is 297 g/mol. The van der Waals surface area contributed by atoms with E-state index in [2.05, 4.69) is 20.3 Å². The molecule has 2 aromatic heterocycles. The number of hydrogen-bond acceptors (Lipinski definition) is 7. The summed E-state index contributed by atoms with van der Waals surface area (Å²) in [6, 6.07) is 0. The lowest BCUT2D eigenvalue weighted by molar-refractivity contribution is -0.0207. The van der Waals surface area contributed by atoms with Gasteiger partial charge in [0, 0.05) is 14.2 Å². The second-order valence-electron chi connectivity index (χ2n) is 4.46. The maximum atomic E-state index is 11.8. The maximum absolute atomic E-state index is 11.8. The largest absolute Gasteiger partial charge is 0.400 e. The molecular weight excluding hydrogens is 278 g/mol. The van der Waals surface area contributed by atoms with Crippen molar-refractivity contribution in [2.75, 3.05) is 26.1 Å². The Morgan fingerprint density at radius 1 is 1.52 bits per heavy atom. The van der Waals surface area contributed by atoms with Crippen molar-refractivity contribution in [3.63, 3.8) is 0 Å². The zero-order chi connectivity index (χ0) is 15.4. The fraction of sp³-hybridized carbons (Fsp3) is 0.583. The molecule has 21 heavy (non-hydrogen) atoms. The van der Waals surface area contributed by atoms with E-state index in [9.17, 15) is 4.79 Å². The normalized spacial score (nSPS) is 21.1. The smallest absolute Gasteiger partial charge is 0.280 e. The monoisotopic (exact) mass is 297 g/mol. The molecule has 2 aromatic rings. The van der Waals surface area contributed by atoms with Crippen molar-refractivity contribution in [1.82, 2.24) is 19.5 Å². The van der Waals surface area contributed by atoms with Crippen molar-refractivity contribution in [2.24, 2.45) is 0 Å². The number of nitrogens with zero attached hydrogens (tertiary/aromatic N) is 3. The number of rotatable bonds is 3. The maximum Gasteiger partial charge on any atom is 0.280 e. The number of aliphatic hydroxyl groups excluding tert-OH is 2. The van der Waals surface area contributed by atoms with Crippen LogP contribution in [0, 0.1) is 0 Å². The fourth-order valence-electron chi connectivity index (χ4n) is 2.28. The molecule has 1 aliphatic rings. The van der Waals surface area contributed by atoms with Crippen LogP contribution in [-0.2, 0) is 4.74 Å². The van der Waals surface area contributed by atoms with E-state index in [1.165, 1.54) is 0 Å². The Morgan fingerprint density at radius 3 is 2.90 bits per heavy atom. The number of imidazole rings is 1. The summed E-state index contributed by atoms with van der Waals surface area (Å²) in [5.41, 5.74) is 0.483. The van der Waals surface area contributed by atoms with Gasteiger partial charge in [0.15, 0.2) is 11.2 Å². The lowest BCUT2D eigenvalue weighted by Crippen LogP contribution is -2.16. The summed E-state index contributed by atoms with van der Waals surface area (Å²) in [6.07, 6.45) is 2.70. The number of ether oxygens (including phenoxy) is 1. The first kappa shape index (κ1) is 15.4. The minimum Gasteiger partial charge on any atom is -0.400 e. The van der Waals surface area contributed by atoms with Crippen LogP contribution in [0.3, 0.4) is 0 Å². The van der Waals surface area contributed by atoms with E-state index in [4.69, 9.17) is 14.9 Å². The van der Waals surface area contributed by atoms with Gasteiger partial charge in [0.2, 0.25) is 5.95 Å². The number of aromatic nitrogens is 4. The number of nitrogens with one attached hydrogen (secondary N) is 2. The lowest BCUT2D eigenvalue weighted by Gasteiger charge is -2.13. The highest BCUT2D eigenvalue weighted by Gasteiger charge is 2.27. The Kier molecular flexibility index (Phi) is 4.89. The topological polar surface area (TPSA) is 125 Å². The van der Waals surface area contributed by atoms with Crippen LogP contribution in [-0.4, -0.2) is 56.6 Å². The summed E-state index contributed by atoms with van der Waals surface area (Å²) in [6.45, 7) is -0.00108. The van der Waals surface area contributed by atoms with Gasteiger partial charge in [0.1, 0.15) is 6.23 Å². The first-order chi connectivity index (χ1) is 10.2. The van der Waals surface area contributed by atoms with E-state index in [1.54, 1.807) is 17.9 Å². The van der Waals surface area contributed by atoms with E-state index in [0.717, 1.165) is 20.0 Å². The Bertz CT molecular complexity index is 653. The summed E-state index contributed by atoms with van der Waals surface area (Å²) in [7, 11) is 2.68. The van der Waals surface area contributed by atoms with Crippen LogP contribution in [0.1, 0.15) is 19.1 Å². The van der Waals surface area contributed by atoms with Crippen molar-refractivity contribution < 1.29 is 14.9 Å². The van der Waals surface area contributed by atoms with Crippen LogP contribution < -0.4 is 10.9 Å². The van der Waals surface area contributed by atoms with Crippen LogP contribution in [0.15, 0.2) is 11.1 Å². The van der Waals surface area contributed by atoms with Gasteiger partial charge in [-0.25, -0.2) is 4.98 Å². The number of hydrogen-bond donors (Lipinski definition) is 4. The summed E-state index contributed by atoms with van der Waals surface area (Å²) >= 11 is 0. The van der Waals surface area contributed by atoms with E-state index in [1.807, 2.05) is 0 Å². The molecule has 0 spiro atoms. The van der Waals surface area contributed by atoms with Crippen molar-refractivity contribution in [3.8, 4) is 0 Å². The van der Waals surface area contributed by atoms with E-state index in [-0.39, 0.29) is 30.0 Å². The Hall–Kier alpha value is -1.97.